The topological polar surface area (TPSA) is 101 Å². The summed E-state index contributed by atoms with van der Waals surface area (Å²) < 4.78 is 4.93. The van der Waals surface area contributed by atoms with Crippen molar-refractivity contribution in [2.45, 2.75) is 6.42 Å². The van der Waals surface area contributed by atoms with Crippen LogP contribution in [0.15, 0.2) is 36.8 Å². The molecule has 122 valence electrons. The lowest BCUT2D eigenvalue weighted by Gasteiger charge is -2.13. The molecule has 0 aromatic carbocycles. The summed E-state index contributed by atoms with van der Waals surface area (Å²) in [7, 11) is 1.50. The molecule has 0 unspecified atom stereocenters. The second-order valence-electron chi connectivity index (χ2n) is 5.07. The highest BCUT2D eigenvalue weighted by molar-refractivity contribution is 6.21. The minimum absolute atomic E-state index is 0.00175. The van der Waals surface area contributed by atoms with Gasteiger partial charge in [0.25, 0.3) is 11.8 Å². The van der Waals surface area contributed by atoms with Crippen molar-refractivity contribution < 1.29 is 19.1 Å². The second kappa shape index (κ2) is 6.45. The normalized spacial score (nSPS) is 13.0. The number of nitrogens with zero attached hydrogens (tertiary/aromatic N) is 3. The standard InChI is InChI=1S/C16H14N4O4/c1-24-14-3-2-10(8-18-14)19-13(21)5-7-20-15(22)11-4-6-17-9-12(11)16(20)23/h2-4,6,8-9H,5,7H2,1H3,(H,19,21). The van der Waals surface area contributed by atoms with E-state index in [9.17, 15) is 14.4 Å². The summed E-state index contributed by atoms with van der Waals surface area (Å²) in [4.78, 5) is 45.2. The molecule has 1 aliphatic rings. The van der Waals surface area contributed by atoms with Gasteiger partial charge in [-0.15, -0.1) is 0 Å². The smallest absolute Gasteiger partial charge is 0.263 e. The molecule has 0 fully saturated rings. The minimum atomic E-state index is -0.429. The van der Waals surface area contributed by atoms with E-state index in [1.165, 1.54) is 31.8 Å². The number of carbonyl (C=O) groups is 3. The van der Waals surface area contributed by atoms with Crippen molar-refractivity contribution in [3.63, 3.8) is 0 Å². The molecule has 0 bridgehead atoms. The van der Waals surface area contributed by atoms with Crippen molar-refractivity contribution in [1.82, 2.24) is 14.9 Å². The van der Waals surface area contributed by atoms with Crippen LogP contribution in [-0.2, 0) is 4.79 Å². The number of pyridine rings is 2. The maximum Gasteiger partial charge on any atom is 0.263 e. The number of fused-ring (bicyclic) bond motifs is 1. The largest absolute Gasteiger partial charge is 0.481 e. The molecule has 3 amide bonds. The molecule has 8 nitrogen and oxygen atoms in total. The van der Waals surface area contributed by atoms with Gasteiger partial charge in [-0.05, 0) is 12.1 Å². The number of amides is 3. The zero-order valence-corrected chi connectivity index (χ0v) is 12.9. The van der Waals surface area contributed by atoms with Gasteiger partial charge in [-0.25, -0.2) is 4.98 Å². The van der Waals surface area contributed by atoms with E-state index in [2.05, 4.69) is 15.3 Å². The maximum atomic E-state index is 12.2. The van der Waals surface area contributed by atoms with E-state index in [1.54, 1.807) is 12.1 Å². The Bertz CT molecular complexity index is 769. The Morgan fingerprint density at radius 3 is 2.62 bits per heavy atom. The Kier molecular flexibility index (Phi) is 4.19. The monoisotopic (exact) mass is 326 g/mol. The highest BCUT2D eigenvalue weighted by Crippen LogP contribution is 2.21. The predicted octanol–water partition coefficient (Wildman–Crippen LogP) is 1.11. The fraction of sp³-hybridized carbons (Fsp3) is 0.188. The summed E-state index contributed by atoms with van der Waals surface area (Å²) in [6.07, 6.45) is 4.27. The molecule has 8 heteroatoms. The molecule has 24 heavy (non-hydrogen) atoms. The van der Waals surface area contributed by atoms with Crippen molar-refractivity contribution in [1.29, 1.82) is 0 Å². The van der Waals surface area contributed by atoms with Crippen molar-refractivity contribution in [2.75, 3.05) is 19.0 Å². The Morgan fingerprint density at radius 1 is 1.17 bits per heavy atom. The lowest BCUT2D eigenvalue weighted by atomic mass is 10.2. The third-order valence-electron chi connectivity index (χ3n) is 3.56. The van der Waals surface area contributed by atoms with Crippen LogP contribution in [0.25, 0.3) is 0 Å². The maximum absolute atomic E-state index is 12.2. The Balaban J connectivity index is 1.59. The molecule has 0 saturated carbocycles. The SMILES string of the molecule is COc1ccc(NC(=O)CCN2C(=O)c3ccncc3C2=O)cn1. The van der Waals surface area contributed by atoms with Crippen LogP contribution in [0.3, 0.4) is 0 Å². The molecule has 2 aromatic rings. The highest BCUT2D eigenvalue weighted by atomic mass is 16.5. The van der Waals surface area contributed by atoms with Crippen LogP contribution < -0.4 is 10.1 Å². The molecule has 1 aliphatic heterocycles. The van der Waals surface area contributed by atoms with Crippen LogP contribution >= 0.6 is 0 Å². The van der Waals surface area contributed by atoms with Crippen molar-refractivity contribution in [2.24, 2.45) is 0 Å². The Morgan fingerprint density at radius 2 is 1.96 bits per heavy atom. The first-order valence-electron chi connectivity index (χ1n) is 7.20. The average molecular weight is 326 g/mol. The second-order valence-corrected chi connectivity index (χ2v) is 5.07. The van der Waals surface area contributed by atoms with Gasteiger partial charge in [0.15, 0.2) is 0 Å². The molecule has 0 spiro atoms. The molecule has 0 saturated heterocycles. The van der Waals surface area contributed by atoms with Crippen LogP contribution in [0.2, 0.25) is 0 Å². The molecule has 3 heterocycles. The van der Waals surface area contributed by atoms with E-state index in [0.29, 0.717) is 17.1 Å². The number of methoxy groups -OCH3 is 1. The first-order chi connectivity index (χ1) is 11.6. The zero-order chi connectivity index (χ0) is 17.1. The van der Waals surface area contributed by atoms with E-state index in [-0.39, 0.29) is 24.4 Å². The lowest BCUT2D eigenvalue weighted by Crippen LogP contribution is -2.32. The van der Waals surface area contributed by atoms with Gasteiger partial charge in [0.05, 0.1) is 30.1 Å². The Hall–Kier alpha value is -3.29. The molecule has 0 atom stereocenters. The van der Waals surface area contributed by atoms with Gasteiger partial charge in [-0.3, -0.25) is 24.3 Å². The van der Waals surface area contributed by atoms with Gasteiger partial charge in [0, 0.05) is 31.4 Å². The van der Waals surface area contributed by atoms with E-state index < -0.39 is 11.8 Å². The molecular weight excluding hydrogens is 312 g/mol. The first-order valence-corrected chi connectivity index (χ1v) is 7.20. The molecule has 0 radical (unpaired) electrons. The van der Waals surface area contributed by atoms with Crippen molar-refractivity contribution >= 4 is 23.4 Å². The number of nitrogens with one attached hydrogen (secondary N) is 1. The number of rotatable bonds is 5. The number of ether oxygens (including phenoxy) is 1. The van der Waals surface area contributed by atoms with Gasteiger partial charge < -0.3 is 10.1 Å². The summed E-state index contributed by atoms with van der Waals surface area (Å²) >= 11 is 0. The van der Waals surface area contributed by atoms with Crippen LogP contribution in [0.1, 0.15) is 27.1 Å². The van der Waals surface area contributed by atoms with E-state index in [4.69, 9.17) is 4.74 Å². The molecular formula is C16H14N4O4. The summed E-state index contributed by atoms with van der Waals surface area (Å²) in [5.74, 6) is -0.720. The van der Waals surface area contributed by atoms with Gasteiger partial charge in [0.1, 0.15) is 0 Å². The van der Waals surface area contributed by atoms with E-state index in [1.807, 2.05) is 0 Å². The van der Waals surface area contributed by atoms with Crippen LogP contribution in [0.4, 0.5) is 5.69 Å². The van der Waals surface area contributed by atoms with Crippen molar-refractivity contribution in [3.8, 4) is 5.88 Å². The van der Waals surface area contributed by atoms with Crippen LogP contribution in [0, 0.1) is 0 Å². The number of anilines is 1. The summed E-state index contributed by atoms with van der Waals surface area (Å²) in [6, 6.07) is 4.77. The quantitative estimate of drug-likeness (QED) is 0.826. The molecule has 2 aromatic heterocycles. The zero-order valence-electron chi connectivity index (χ0n) is 12.9. The summed E-state index contributed by atoms with van der Waals surface area (Å²) in [5, 5.41) is 2.65. The number of hydrogen-bond donors (Lipinski definition) is 1. The fourth-order valence-electron chi connectivity index (χ4n) is 2.35. The summed E-state index contributed by atoms with van der Waals surface area (Å²) in [6.45, 7) is 0.00175. The van der Waals surface area contributed by atoms with E-state index >= 15 is 0 Å². The predicted molar refractivity (Wildman–Crippen MR) is 83.6 cm³/mol. The van der Waals surface area contributed by atoms with Crippen molar-refractivity contribution in [3.05, 3.63) is 47.9 Å². The average Bonchev–Trinajstić information content (AvgIpc) is 2.85. The van der Waals surface area contributed by atoms with Gasteiger partial charge in [0.2, 0.25) is 11.8 Å². The number of imide groups is 1. The van der Waals surface area contributed by atoms with Crippen LogP contribution in [-0.4, -0.2) is 46.2 Å². The van der Waals surface area contributed by atoms with Gasteiger partial charge in [-0.2, -0.15) is 0 Å². The van der Waals surface area contributed by atoms with Gasteiger partial charge >= 0.3 is 0 Å². The van der Waals surface area contributed by atoms with Crippen LogP contribution in [0.5, 0.6) is 5.88 Å². The minimum Gasteiger partial charge on any atom is -0.481 e. The molecule has 0 aliphatic carbocycles. The third-order valence-corrected chi connectivity index (χ3v) is 3.56. The third kappa shape index (κ3) is 2.94. The Labute approximate surface area is 137 Å². The highest BCUT2D eigenvalue weighted by Gasteiger charge is 2.35. The molecule has 3 rings (SSSR count). The van der Waals surface area contributed by atoms with Gasteiger partial charge in [-0.1, -0.05) is 0 Å². The number of carbonyl (C=O) groups excluding carboxylic acids is 3. The fourth-order valence-corrected chi connectivity index (χ4v) is 2.35. The number of aromatic nitrogens is 2. The number of hydrogen-bond acceptors (Lipinski definition) is 6. The molecule has 1 N–H and O–H groups in total. The first kappa shape index (κ1) is 15.6. The lowest BCUT2D eigenvalue weighted by molar-refractivity contribution is -0.116. The van der Waals surface area contributed by atoms with E-state index in [0.717, 1.165) is 4.90 Å². The summed E-state index contributed by atoms with van der Waals surface area (Å²) in [5.41, 5.74) is 1.09.